The first-order chi connectivity index (χ1) is 12.2. The quantitative estimate of drug-likeness (QED) is 0.810. The van der Waals surface area contributed by atoms with Crippen molar-refractivity contribution in [2.75, 3.05) is 17.8 Å². The molecule has 0 bridgehead atoms. The van der Waals surface area contributed by atoms with Crippen molar-refractivity contribution in [3.63, 3.8) is 0 Å². The van der Waals surface area contributed by atoms with Crippen LogP contribution in [0.3, 0.4) is 0 Å². The van der Waals surface area contributed by atoms with Crippen molar-refractivity contribution >= 4 is 33.2 Å². The summed E-state index contributed by atoms with van der Waals surface area (Å²) in [6.45, 7) is 1.98. The highest BCUT2D eigenvalue weighted by Gasteiger charge is 2.20. The number of carbonyl (C=O) groups is 1. The molecule has 7 nitrogen and oxygen atoms in total. The number of amides is 1. The number of anilines is 1. The van der Waals surface area contributed by atoms with Crippen LogP contribution < -0.4 is 19.5 Å². The number of carbonyl (C=O) groups excluding carboxylic acids is 1. The maximum atomic E-state index is 12.7. The van der Waals surface area contributed by atoms with E-state index in [-0.39, 0.29) is 24.1 Å². The molecule has 1 atom stereocenters. The van der Waals surface area contributed by atoms with Gasteiger partial charge in [-0.05, 0) is 42.8 Å². The van der Waals surface area contributed by atoms with Gasteiger partial charge in [0.15, 0.2) is 11.5 Å². The largest absolute Gasteiger partial charge is 0.454 e. The molecule has 0 aliphatic carbocycles. The number of nitrogens with one attached hydrogen (secondary N) is 2. The van der Waals surface area contributed by atoms with Crippen molar-refractivity contribution in [1.29, 1.82) is 0 Å². The third-order valence-corrected chi connectivity index (χ3v) is 4.59. The summed E-state index contributed by atoms with van der Waals surface area (Å²) >= 11 is 5.96. The number of benzene rings is 2. The summed E-state index contributed by atoms with van der Waals surface area (Å²) in [6.07, 6.45) is 1.01. The normalized spacial score (nSPS) is 14.0. The molecular weight excluding hydrogens is 380 g/mol. The molecule has 1 amide bonds. The molecule has 1 heterocycles. The van der Waals surface area contributed by atoms with Crippen LogP contribution in [-0.2, 0) is 10.0 Å². The van der Waals surface area contributed by atoms with E-state index in [2.05, 4.69) is 10.0 Å². The van der Waals surface area contributed by atoms with Gasteiger partial charge in [0.05, 0.1) is 23.5 Å². The van der Waals surface area contributed by atoms with Crippen LogP contribution in [0.2, 0.25) is 5.02 Å². The van der Waals surface area contributed by atoms with E-state index in [1.54, 1.807) is 12.1 Å². The summed E-state index contributed by atoms with van der Waals surface area (Å²) in [5.41, 5.74) is 1.12. The van der Waals surface area contributed by atoms with Crippen LogP contribution >= 0.6 is 11.6 Å². The molecule has 2 N–H and O–H groups in total. The smallest absolute Gasteiger partial charge is 0.253 e. The highest BCUT2D eigenvalue weighted by Crippen LogP contribution is 2.34. The van der Waals surface area contributed by atoms with E-state index in [9.17, 15) is 13.2 Å². The van der Waals surface area contributed by atoms with Crippen molar-refractivity contribution in [2.24, 2.45) is 0 Å². The van der Waals surface area contributed by atoms with E-state index in [0.29, 0.717) is 16.5 Å². The number of fused-ring (bicyclic) bond motifs is 1. The van der Waals surface area contributed by atoms with Crippen LogP contribution in [0.15, 0.2) is 36.4 Å². The molecule has 0 aromatic heterocycles. The summed E-state index contributed by atoms with van der Waals surface area (Å²) in [7, 11) is -3.54. The number of sulfonamides is 1. The molecule has 0 spiro atoms. The van der Waals surface area contributed by atoms with Crippen molar-refractivity contribution < 1.29 is 22.7 Å². The van der Waals surface area contributed by atoms with Gasteiger partial charge in [-0.1, -0.05) is 17.7 Å². The van der Waals surface area contributed by atoms with Gasteiger partial charge in [-0.15, -0.1) is 0 Å². The van der Waals surface area contributed by atoms with Crippen LogP contribution in [0.4, 0.5) is 5.69 Å². The Labute approximate surface area is 156 Å². The summed E-state index contributed by atoms with van der Waals surface area (Å²) < 4.78 is 36.0. The minimum Gasteiger partial charge on any atom is -0.454 e. The third-order valence-electron chi connectivity index (χ3n) is 3.77. The Hall–Kier alpha value is -2.45. The number of rotatable bonds is 5. The first-order valence-corrected chi connectivity index (χ1v) is 9.97. The van der Waals surface area contributed by atoms with E-state index in [1.165, 1.54) is 18.2 Å². The van der Waals surface area contributed by atoms with Crippen molar-refractivity contribution in [2.45, 2.75) is 13.0 Å². The van der Waals surface area contributed by atoms with Gasteiger partial charge >= 0.3 is 0 Å². The number of halogens is 1. The highest BCUT2D eigenvalue weighted by molar-refractivity contribution is 7.92. The summed E-state index contributed by atoms with van der Waals surface area (Å²) in [5, 5.41) is 3.15. The lowest BCUT2D eigenvalue weighted by Gasteiger charge is -2.17. The Morgan fingerprint density at radius 2 is 1.88 bits per heavy atom. The summed E-state index contributed by atoms with van der Waals surface area (Å²) in [4.78, 5) is 12.7. The molecule has 1 unspecified atom stereocenters. The Morgan fingerprint density at radius 3 is 2.62 bits per heavy atom. The molecule has 0 saturated carbocycles. The van der Waals surface area contributed by atoms with E-state index < -0.39 is 15.9 Å². The van der Waals surface area contributed by atoms with Crippen LogP contribution in [0, 0.1) is 0 Å². The van der Waals surface area contributed by atoms with E-state index in [0.717, 1.165) is 11.8 Å². The van der Waals surface area contributed by atoms with Gasteiger partial charge in [0, 0.05) is 5.02 Å². The Morgan fingerprint density at radius 1 is 1.15 bits per heavy atom. The molecule has 1 aliphatic rings. The maximum Gasteiger partial charge on any atom is 0.253 e. The predicted octanol–water partition coefficient (Wildman–Crippen LogP) is 2.93. The Bertz CT molecular complexity index is 962. The standard InChI is InChI=1S/C17H17ClN2O5S/c1-10(11-3-6-15-16(7-11)25-9-24-15)19-17(21)13-8-12(18)4-5-14(13)20-26(2,22)23/h3-8,10,20H,9H2,1-2H3,(H,19,21). The van der Waals surface area contributed by atoms with Gasteiger partial charge in [0.1, 0.15) is 0 Å². The number of hydrogen-bond acceptors (Lipinski definition) is 5. The van der Waals surface area contributed by atoms with Gasteiger partial charge in [-0.3, -0.25) is 9.52 Å². The fraction of sp³-hybridized carbons (Fsp3) is 0.235. The fourth-order valence-corrected chi connectivity index (χ4v) is 3.28. The molecule has 3 rings (SSSR count). The first-order valence-electron chi connectivity index (χ1n) is 7.71. The van der Waals surface area contributed by atoms with Crippen molar-refractivity contribution in [3.05, 3.63) is 52.5 Å². The maximum absolute atomic E-state index is 12.7. The monoisotopic (exact) mass is 396 g/mol. The average molecular weight is 397 g/mol. The van der Waals surface area contributed by atoms with Gasteiger partial charge in [0.2, 0.25) is 16.8 Å². The molecule has 0 radical (unpaired) electrons. The average Bonchev–Trinajstić information content (AvgIpc) is 3.02. The van der Waals surface area contributed by atoms with Crippen molar-refractivity contribution in [3.8, 4) is 11.5 Å². The zero-order valence-corrected chi connectivity index (χ0v) is 15.6. The van der Waals surface area contributed by atoms with Gasteiger partial charge in [-0.2, -0.15) is 0 Å². The number of ether oxygens (including phenoxy) is 2. The second-order valence-electron chi connectivity index (χ2n) is 5.87. The second kappa shape index (κ2) is 7.05. The van der Waals surface area contributed by atoms with Gasteiger partial charge in [0.25, 0.3) is 5.91 Å². The molecule has 9 heteroatoms. The fourth-order valence-electron chi connectivity index (χ4n) is 2.53. The zero-order chi connectivity index (χ0) is 18.9. The first kappa shape index (κ1) is 18.3. The number of hydrogen-bond donors (Lipinski definition) is 2. The molecule has 2 aromatic rings. The van der Waals surface area contributed by atoms with Crippen LogP contribution in [0.25, 0.3) is 0 Å². The lowest BCUT2D eigenvalue weighted by atomic mass is 10.1. The predicted molar refractivity (Wildman–Crippen MR) is 98.4 cm³/mol. The van der Waals surface area contributed by atoms with Gasteiger partial charge in [-0.25, -0.2) is 8.42 Å². The van der Waals surface area contributed by atoms with Crippen LogP contribution in [0.1, 0.15) is 28.9 Å². The van der Waals surface area contributed by atoms with Gasteiger partial charge < -0.3 is 14.8 Å². The molecule has 0 fully saturated rings. The third kappa shape index (κ3) is 4.20. The van der Waals surface area contributed by atoms with E-state index in [4.69, 9.17) is 21.1 Å². The molecule has 138 valence electrons. The molecule has 0 saturated heterocycles. The Balaban J connectivity index is 1.82. The lowest BCUT2D eigenvalue weighted by molar-refractivity contribution is 0.0940. The zero-order valence-electron chi connectivity index (χ0n) is 14.1. The Kier molecular flexibility index (Phi) is 4.97. The molecule has 26 heavy (non-hydrogen) atoms. The van der Waals surface area contributed by atoms with E-state index in [1.807, 2.05) is 13.0 Å². The van der Waals surface area contributed by atoms with E-state index >= 15 is 0 Å². The minimum absolute atomic E-state index is 0.135. The molecule has 2 aromatic carbocycles. The van der Waals surface area contributed by atoms with Crippen LogP contribution in [-0.4, -0.2) is 27.4 Å². The topological polar surface area (TPSA) is 93.7 Å². The lowest BCUT2D eigenvalue weighted by Crippen LogP contribution is -2.28. The highest BCUT2D eigenvalue weighted by atomic mass is 35.5. The minimum atomic E-state index is -3.54. The summed E-state index contributed by atoms with van der Waals surface area (Å²) in [5.74, 6) is 0.816. The van der Waals surface area contributed by atoms with Crippen molar-refractivity contribution in [1.82, 2.24) is 5.32 Å². The molecular formula is C17H17ClN2O5S. The summed E-state index contributed by atoms with van der Waals surface area (Å²) in [6, 6.07) is 9.42. The second-order valence-corrected chi connectivity index (χ2v) is 8.06. The van der Waals surface area contributed by atoms with Crippen LogP contribution in [0.5, 0.6) is 11.5 Å². The SMILES string of the molecule is CC(NC(=O)c1cc(Cl)ccc1NS(C)(=O)=O)c1ccc2c(c1)OCO2. The molecule has 1 aliphatic heterocycles.